The van der Waals surface area contributed by atoms with Crippen LogP contribution in [0.3, 0.4) is 0 Å². The molecule has 1 N–H and O–H groups in total. The van der Waals surface area contributed by atoms with Gasteiger partial charge in [0.15, 0.2) is 6.61 Å². The number of carbonyl (C=O) groups is 1. The van der Waals surface area contributed by atoms with E-state index in [1.807, 2.05) is 42.7 Å². The van der Waals surface area contributed by atoms with Crippen LogP contribution in [0.2, 0.25) is 0 Å². The molecular weight excluding hydrogens is 326 g/mol. The van der Waals surface area contributed by atoms with Gasteiger partial charge in [-0.2, -0.15) is 0 Å². The summed E-state index contributed by atoms with van der Waals surface area (Å²) in [6.45, 7) is -0.0808. The number of nitrogens with zero attached hydrogens (tertiary/aromatic N) is 4. The zero-order valence-corrected chi connectivity index (χ0v) is 13.7. The summed E-state index contributed by atoms with van der Waals surface area (Å²) >= 11 is 1.62. The van der Waals surface area contributed by atoms with Crippen molar-refractivity contribution in [2.75, 3.05) is 18.2 Å². The van der Waals surface area contributed by atoms with Crippen molar-refractivity contribution in [3.63, 3.8) is 0 Å². The van der Waals surface area contributed by atoms with Crippen LogP contribution in [0, 0.1) is 0 Å². The number of nitrogens with one attached hydrogen (secondary N) is 1. The molecule has 3 aromatic rings. The number of benzene rings is 2. The van der Waals surface area contributed by atoms with E-state index in [2.05, 4.69) is 20.8 Å². The Morgan fingerprint density at radius 2 is 2.12 bits per heavy atom. The molecule has 0 saturated carbocycles. The van der Waals surface area contributed by atoms with E-state index in [0.29, 0.717) is 5.75 Å². The molecule has 0 aliphatic heterocycles. The van der Waals surface area contributed by atoms with Crippen molar-refractivity contribution in [2.45, 2.75) is 4.90 Å². The molecule has 2 aromatic carbocycles. The van der Waals surface area contributed by atoms with Crippen LogP contribution in [0.25, 0.3) is 5.69 Å². The Morgan fingerprint density at radius 1 is 1.25 bits per heavy atom. The first-order valence-electron chi connectivity index (χ1n) is 7.15. The molecule has 0 atom stereocenters. The lowest BCUT2D eigenvalue weighted by molar-refractivity contribution is -0.118. The Kier molecular flexibility index (Phi) is 5.07. The second kappa shape index (κ2) is 7.60. The minimum absolute atomic E-state index is 0.0808. The number of rotatable bonds is 6. The summed E-state index contributed by atoms with van der Waals surface area (Å²) in [5.41, 5.74) is 1.50. The van der Waals surface area contributed by atoms with Crippen LogP contribution >= 0.6 is 11.8 Å². The summed E-state index contributed by atoms with van der Waals surface area (Å²) in [6.07, 6.45) is 3.48. The Bertz CT molecular complexity index is 823. The predicted molar refractivity (Wildman–Crippen MR) is 91.5 cm³/mol. The molecule has 0 bridgehead atoms. The smallest absolute Gasteiger partial charge is 0.262 e. The van der Waals surface area contributed by atoms with E-state index in [4.69, 9.17) is 4.74 Å². The van der Waals surface area contributed by atoms with E-state index in [9.17, 15) is 4.79 Å². The van der Waals surface area contributed by atoms with E-state index in [-0.39, 0.29) is 12.5 Å². The average Bonchev–Trinajstić information content (AvgIpc) is 3.15. The maximum atomic E-state index is 12.0. The third-order valence-corrected chi connectivity index (χ3v) is 3.88. The zero-order valence-electron chi connectivity index (χ0n) is 12.9. The van der Waals surface area contributed by atoms with Crippen LogP contribution < -0.4 is 10.1 Å². The third kappa shape index (κ3) is 4.11. The highest BCUT2D eigenvalue weighted by molar-refractivity contribution is 7.98. The normalized spacial score (nSPS) is 10.4. The van der Waals surface area contributed by atoms with Crippen molar-refractivity contribution in [3.8, 4) is 11.4 Å². The van der Waals surface area contributed by atoms with Crippen molar-refractivity contribution < 1.29 is 9.53 Å². The topological polar surface area (TPSA) is 81.9 Å². The van der Waals surface area contributed by atoms with Crippen molar-refractivity contribution in [3.05, 3.63) is 54.9 Å². The largest absolute Gasteiger partial charge is 0.484 e. The molecule has 0 unspecified atom stereocenters. The van der Waals surface area contributed by atoms with E-state index in [1.165, 1.54) is 11.0 Å². The van der Waals surface area contributed by atoms with Crippen molar-refractivity contribution in [1.82, 2.24) is 20.2 Å². The molecule has 1 aromatic heterocycles. The molecule has 8 heteroatoms. The molecule has 24 heavy (non-hydrogen) atoms. The highest BCUT2D eigenvalue weighted by atomic mass is 32.2. The molecule has 0 aliphatic rings. The minimum atomic E-state index is -0.221. The fourth-order valence-electron chi connectivity index (χ4n) is 2.04. The van der Waals surface area contributed by atoms with Gasteiger partial charge in [-0.15, -0.1) is 16.9 Å². The number of amides is 1. The van der Waals surface area contributed by atoms with Gasteiger partial charge < -0.3 is 10.1 Å². The lowest BCUT2D eigenvalue weighted by Gasteiger charge is -2.09. The van der Waals surface area contributed by atoms with Gasteiger partial charge in [-0.25, -0.2) is 4.68 Å². The number of ether oxygens (including phenoxy) is 1. The number of hydrogen-bond acceptors (Lipinski definition) is 6. The Labute approximate surface area is 143 Å². The summed E-state index contributed by atoms with van der Waals surface area (Å²) in [6, 6.07) is 14.8. The highest BCUT2D eigenvalue weighted by Crippen LogP contribution is 2.19. The summed E-state index contributed by atoms with van der Waals surface area (Å²) in [5.74, 6) is 0.345. The predicted octanol–water partition coefficient (Wildman–Crippen LogP) is 2.40. The Hall–Kier alpha value is -2.87. The lowest BCUT2D eigenvalue weighted by Crippen LogP contribution is -2.20. The Balaban J connectivity index is 1.59. The molecule has 1 amide bonds. The van der Waals surface area contributed by atoms with Crippen molar-refractivity contribution in [1.29, 1.82) is 0 Å². The van der Waals surface area contributed by atoms with Crippen LogP contribution in [0.1, 0.15) is 0 Å². The van der Waals surface area contributed by atoms with Gasteiger partial charge in [0.05, 0.1) is 5.69 Å². The molecule has 0 spiro atoms. The summed E-state index contributed by atoms with van der Waals surface area (Å²) in [4.78, 5) is 13.1. The number of hydrogen-bond donors (Lipinski definition) is 1. The first-order chi connectivity index (χ1) is 11.7. The molecule has 1 heterocycles. The maximum absolute atomic E-state index is 12.0. The number of tetrazole rings is 1. The van der Waals surface area contributed by atoms with Gasteiger partial charge in [0, 0.05) is 16.6 Å². The van der Waals surface area contributed by atoms with Crippen LogP contribution in [0.4, 0.5) is 5.69 Å². The van der Waals surface area contributed by atoms with Gasteiger partial charge in [0.1, 0.15) is 12.1 Å². The highest BCUT2D eigenvalue weighted by Gasteiger charge is 2.06. The molecular formula is C16H15N5O2S. The van der Waals surface area contributed by atoms with E-state index in [1.54, 1.807) is 23.9 Å². The van der Waals surface area contributed by atoms with Gasteiger partial charge in [0.25, 0.3) is 5.91 Å². The van der Waals surface area contributed by atoms with Crippen LogP contribution in [0.5, 0.6) is 5.75 Å². The number of thioether (sulfide) groups is 1. The first-order valence-corrected chi connectivity index (χ1v) is 8.37. The van der Waals surface area contributed by atoms with Gasteiger partial charge in [-0.3, -0.25) is 4.79 Å². The lowest BCUT2D eigenvalue weighted by atomic mass is 10.3. The minimum Gasteiger partial charge on any atom is -0.484 e. The second-order valence-corrected chi connectivity index (χ2v) is 5.70. The number of aromatic nitrogens is 4. The second-order valence-electron chi connectivity index (χ2n) is 4.82. The SMILES string of the molecule is CSc1cccc(NC(=O)COc2cccc(-n3cnnn3)c2)c1. The van der Waals surface area contributed by atoms with Gasteiger partial charge in [-0.1, -0.05) is 12.1 Å². The molecule has 122 valence electrons. The third-order valence-electron chi connectivity index (χ3n) is 3.15. The number of carbonyl (C=O) groups excluding carboxylic acids is 1. The summed E-state index contributed by atoms with van der Waals surface area (Å²) < 4.78 is 7.05. The fourth-order valence-corrected chi connectivity index (χ4v) is 2.50. The maximum Gasteiger partial charge on any atom is 0.262 e. The molecule has 0 radical (unpaired) electrons. The Morgan fingerprint density at radius 3 is 2.92 bits per heavy atom. The zero-order chi connectivity index (χ0) is 16.8. The monoisotopic (exact) mass is 341 g/mol. The van der Waals surface area contributed by atoms with Crippen LogP contribution in [-0.2, 0) is 4.79 Å². The van der Waals surface area contributed by atoms with Crippen molar-refractivity contribution in [2.24, 2.45) is 0 Å². The summed E-state index contributed by atoms with van der Waals surface area (Å²) in [7, 11) is 0. The van der Waals surface area contributed by atoms with Crippen LogP contribution in [0.15, 0.2) is 59.8 Å². The first kappa shape index (κ1) is 16.0. The van der Waals surface area contributed by atoms with Crippen LogP contribution in [-0.4, -0.2) is 39.0 Å². The molecule has 7 nitrogen and oxygen atoms in total. The number of anilines is 1. The van der Waals surface area contributed by atoms with Gasteiger partial charge in [-0.05, 0) is 47.0 Å². The molecule has 0 aliphatic carbocycles. The molecule has 0 saturated heterocycles. The van der Waals surface area contributed by atoms with E-state index in [0.717, 1.165) is 16.3 Å². The summed E-state index contributed by atoms with van der Waals surface area (Å²) in [5, 5.41) is 13.8. The quantitative estimate of drug-likeness (QED) is 0.693. The molecule has 3 rings (SSSR count). The average molecular weight is 341 g/mol. The van der Waals surface area contributed by atoms with E-state index >= 15 is 0 Å². The van der Waals surface area contributed by atoms with Gasteiger partial charge in [0.2, 0.25) is 0 Å². The van der Waals surface area contributed by atoms with Crippen molar-refractivity contribution >= 4 is 23.4 Å². The van der Waals surface area contributed by atoms with E-state index < -0.39 is 0 Å². The molecule has 0 fully saturated rings. The fraction of sp³-hybridized carbons (Fsp3) is 0.125. The standard InChI is InChI=1S/C16H15N5O2S/c1-24-15-7-2-4-12(8-15)18-16(22)10-23-14-6-3-5-13(9-14)21-11-17-19-20-21/h2-9,11H,10H2,1H3,(H,18,22). The van der Waals surface area contributed by atoms with Gasteiger partial charge >= 0.3 is 0 Å².